The number of aromatic nitrogens is 1. The molecule has 0 radical (unpaired) electrons. The van der Waals surface area contributed by atoms with E-state index in [9.17, 15) is 9.18 Å². The van der Waals surface area contributed by atoms with E-state index in [2.05, 4.69) is 15.8 Å². The van der Waals surface area contributed by atoms with Gasteiger partial charge >= 0.3 is 6.03 Å². The number of para-hydroxylation sites is 2. The molecule has 0 saturated carbocycles. The van der Waals surface area contributed by atoms with Gasteiger partial charge in [0.25, 0.3) is 0 Å². The van der Waals surface area contributed by atoms with Gasteiger partial charge in [0.2, 0.25) is 0 Å². The van der Waals surface area contributed by atoms with Crippen LogP contribution in [0.2, 0.25) is 0 Å². The maximum Gasteiger partial charge on any atom is 0.339 e. The molecular formula is C24H21FN4O. The smallest absolute Gasteiger partial charge is 0.339 e. The molecule has 2 N–H and O–H groups in total. The zero-order valence-electron chi connectivity index (χ0n) is 16.5. The number of halogens is 1. The number of rotatable bonds is 5. The molecular weight excluding hydrogens is 379 g/mol. The maximum atomic E-state index is 14.1. The first-order valence-electron chi connectivity index (χ1n) is 9.59. The van der Waals surface area contributed by atoms with E-state index in [-0.39, 0.29) is 5.82 Å². The minimum atomic E-state index is -0.421. The zero-order valence-corrected chi connectivity index (χ0v) is 16.5. The van der Waals surface area contributed by atoms with E-state index in [0.717, 1.165) is 27.7 Å². The molecule has 4 rings (SSSR count). The molecule has 30 heavy (non-hydrogen) atoms. The average Bonchev–Trinajstić information content (AvgIpc) is 3.09. The minimum Gasteiger partial charge on any atom is -0.342 e. The summed E-state index contributed by atoms with van der Waals surface area (Å²) in [5, 5.41) is 7.82. The second-order valence-electron chi connectivity index (χ2n) is 6.96. The van der Waals surface area contributed by atoms with Crippen LogP contribution in [0.1, 0.15) is 16.7 Å². The van der Waals surface area contributed by atoms with E-state index in [1.165, 1.54) is 6.07 Å². The van der Waals surface area contributed by atoms with E-state index in [1.807, 2.05) is 72.3 Å². The van der Waals surface area contributed by atoms with Crippen molar-refractivity contribution in [1.82, 2.24) is 9.99 Å². The number of carbonyl (C=O) groups excluding carboxylic acids is 1. The Bertz CT molecular complexity index is 1230. The lowest BCUT2D eigenvalue weighted by Crippen LogP contribution is -2.24. The highest BCUT2D eigenvalue weighted by Crippen LogP contribution is 2.22. The largest absolute Gasteiger partial charge is 0.342 e. The summed E-state index contributed by atoms with van der Waals surface area (Å²) in [5.74, 6) is -0.236. The summed E-state index contributed by atoms with van der Waals surface area (Å²) >= 11 is 0. The number of hydrogen-bond donors (Lipinski definition) is 2. The van der Waals surface area contributed by atoms with Gasteiger partial charge in [0.1, 0.15) is 5.82 Å². The van der Waals surface area contributed by atoms with Crippen molar-refractivity contribution < 1.29 is 9.18 Å². The van der Waals surface area contributed by atoms with Crippen molar-refractivity contribution >= 4 is 28.8 Å². The standard InChI is InChI=1S/C24H21FN4O/c1-17-8-2-6-12-22(17)27-24(30)28-26-14-19-16-29(23-13-7-4-10-20(19)23)15-18-9-3-5-11-21(18)25/h2-14,16H,15H2,1H3,(H2,27,28,30). The fourth-order valence-electron chi connectivity index (χ4n) is 3.34. The first kappa shape index (κ1) is 19.4. The predicted molar refractivity (Wildman–Crippen MR) is 118 cm³/mol. The number of nitrogens with one attached hydrogen (secondary N) is 2. The van der Waals surface area contributed by atoms with Crippen LogP contribution >= 0.6 is 0 Å². The normalized spacial score (nSPS) is 11.1. The van der Waals surface area contributed by atoms with Gasteiger partial charge in [-0.05, 0) is 30.7 Å². The fourth-order valence-corrected chi connectivity index (χ4v) is 3.34. The van der Waals surface area contributed by atoms with Crippen LogP contribution in [0.3, 0.4) is 0 Å². The Balaban J connectivity index is 1.52. The van der Waals surface area contributed by atoms with E-state index in [4.69, 9.17) is 0 Å². The number of carbonyl (C=O) groups is 1. The van der Waals surface area contributed by atoms with Crippen LogP contribution in [0.25, 0.3) is 10.9 Å². The van der Waals surface area contributed by atoms with Gasteiger partial charge in [-0.2, -0.15) is 5.10 Å². The van der Waals surface area contributed by atoms with Crippen LogP contribution < -0.4 is 10.7 Å². The summed E-state index contributed by atoms with van der Waals surface area (Å²) in [6, 6.07) is 21.7. The molecule has 0 bridgehead atoms. The lowest BCUT2D eigenvalue weighted by molar-refractivity contribution is 0.252. The zero-order chi connectivity index (χ0) is 20.9. The van der Waals surface area contributed by atoms with Crippen LogP contribution in [-0.4, -0.2) is 16.8 Å². The Labute approximate surface area is 173 Å². The molecule has 6 heteroatoms. The number of hydrogen-bond acceptors (Lipinski definition) is 2. The number of urea groups is 1. The Morgan fingerprint density at radius 2 is 1.77 bits per heavy atom. The van der Waals surface area contributed by atoms with E-state index in [0.29, 0.717) is 12.1 Å². The van der Waals surface area contributed by atoms with Gasteiger partial charge < -0.3 is 9.88 Å². The predicted octanol–water partition coefficient (Wildman–Crippen LogP) is 5.29. The molecule has 4 aromatic rings. The summed E-state index contributed by atoms with van der Waals surface area (Å²) in [6.45, 7) is 2.32. The van der Waals surface area contributed by atoms with Gasteiger partial charge in [0.15, 0.2) is 0 Å². The number of aryl methyl sites for hydroxylation is 1. The van der Waals surface area contributed by atoms with E-state index < -0.39 is 6.03 Å². The highest BCUT2D eigenvalue weighted by atomic mass is 19.1. The molecule has 0 aliphatic carbocycles. The van der Waals surface area contributed by atoms with Gasteiger partial charge in [0, 0.05) is 33.9 Å². The van der Waals surface area contributed by atoms with Crippen LogP contribution in [0, 0.1) is 12.7 Å². The van der Waals surface area contributed by atoms with Crippen LogP contribution in [-0.2, 0) is 6.54 Å². The summed E-state index contributed by atoms with van der Waals surface area (Å²) in [7, 11) is 0. The number of nitrogens with zero attached hydrogens (tertiary/aromatic N) is 2. The molecule has 0 fully saturated rings. The van der Waals surface area contributed by atoms with Crippen molar-refractivity contribution in [2.24, 2.45) is 5.10 Å². The lowest BCUT2D eigenvalue weighted by Gasteiger charge is -2.06. The van der Waals surface area contributed by atoms with Crippen molar-refractivity contribution in [2.75, 3.05) is 5.32 Å². The molecule has 5 nitrogen and oxygen atoms in total. The number of amides is 2. The quantitative estimate of drug-likeness (QED) is 0.347. The van der Waals surface area contributed by atoms with Gasteiger partial charge in [-0.3, -0.25) is 0 Å². The van der Waals surface area contributed by atoms with Crippen molar-refractivity contribution in [3.8, 4) is 0 Å². The number of fused-ring (bicyclic) bond motifs is 1. The molecule has 0 saturated heterocycles. The lowest BCUT2D eigenvalue weighted by atomic mass is 10.2. The third kappa shape index (κ3) is 4.22. The topological polar surface area (TPSA) is 58.4 Å². The van der Waals surface area contributed by atoms with Crippen molar-refractivity contribution in [3.05, 3.63) is 102 Å². The molecule has 0 unspecified atom stereocenters. The van der Waals surface area contributed by atoms with Crippen LogP contribution in [0.4, 0.5) is 14.9 Å². The highest BCUT2D eigenvalue weighted by Gasteiger charge is 2.09. The molecule has 1 heterocycles. The molecule has 0 atom stereocenters. The Kier molecular flexibility index (Phi) is 5.57. The van der Waals surface area contributed by atoms with Crippen molar-refractivity contribution in [3.63, 3.8) is 0 Å². The summed E-state index contributed by atoms with van der Waals surface area (Å²) < 4.78 is 16.1. The Morgan fingerprint density at radius 1 is 1.03 bits per heavy atom. The molecule has 3 aromatic carbocycles. The summed E-state index contributed by atoms with van der Waals surface area (Å²) in [6.07, 6.45) is 3.50. The Morgan fingerprint density at radius 3 is 2.60 bits per heavy atom. The minimum absolute atomic E-state index is 0.236. The molecule has 1 aromatic heterocycles. The summed E-state index contributed by atoms with van der Waals surface area (Å²) in [5.41, 5.74) is 6.59. The second-order valence-corrected chi connectivity index (χ2v) is 6.96. The third-order valence-corrected chi connectivity index (χ3v) is 4.88. The maximum absolute atomic E-state index is 14.1. The average molecular weight is 400 g/mol. The molecule has 0 aliphatic heterocycles. The molecule has 0 spiro atoms. The molecule has 0 aliphatic rings. The van der Waals surface area contributed by atoms with Crippen LogP contribution in [0.15, 0.2) is 84.1 Å². The van der Waals surface area contributed by atoms with Crippen LogP contribution in [0.5, 0.6) is 0 Å². The number of benzene rings is 3. The van der Waals surface area contributed by atoms with Crippen molar-refractivity contribution in [2.45, 2.75) is 13.5 Å². The van der Waals surface area contributed by atoms with Crippen molar-refractivity contribution in [1.29, 1.82) is 0 Å². The molecule has 2 amide bonds. The first-order valence-corrected chi connectivity index (χ1v) is 9.59. The highest BCUT2D eigenvalue weighted by molar-refractivity contribution is 6.00. The van der Waals surface area contributed by atoms with Gasteiger partial charge in [-0.1, -0.05) is 54.6 Å². The summed E-state index contributed by atoms with van der Waals surface area (Å²) in [4.78, 5) is 12.1. The fraction of sp³-hybridized carbons (Fsp3) is 0.0833. The van der Waals surface area contributed by atoms with Gasteiger partial charge in [-0.25, -0.2) is 14.6 Å². The second kappa shape index (κ2) is 8.61. The third-order valence-electron chi connectivity index (χ3n) is 4.88. The monoisotopic (exact) mass is 400 g/mol. The van der Waals surface area contributed by atoms with E-state index >= 15 is 0 Å². The number of anilines is 1. The van der Waals surface area contributed by atoms with E-state index in [1.54, 1.807) is 18.3 Å². The van der Waals surface area contributed by atoms with Gasteiger partial charge in [-0.15, -0.1) is 0 Å². The Hall–Kier alpha value is -3.93. The van der Waals surface area contributed by atoms with Gasteiger partial charge in [0.05, 0.1) is 12.8 Å². The molecule has 150 valence electrons. The first-order chi connectivity index (χ1) is 14.6. The SMILES string of the molecule is Cc1ccccc1NC(=O)NN=Cc1cn(Cc2ccccc2F)c2ccccc12. The number of hydrazone groups is 1.